The van der Waals surface area contributed by atoms with Crippen molar-refractivity contribution in [2.24, 2.45) is 0 Å². The maximum atomic E-state index is 9.33. The maximum Gasteiger partial charge on any atom is 0.149 e. The highest BCUT2D eigenvalue weighted by molar-refractivity contribution is 5.14. The number of imidazole rings is 1. The Labute approximate surface area is 65.7 Å². The van der Waals surface area contributed by atoms with Crippen LogP contribution in [0.15, 0.2) is 0 Å². The summed E-state index contributed by atoms with van der Waals surface area (Å²) in [7, 11) is 1.69. The predicted molar refractivity (Wildman–Crippen MR) is 42.1 cm³/mol. The number of H-pyrrole nitrogens is 1. The Morgan fingerprint density at radius 1 is 1.55 bits per heavy atom. The summed E-state index contributed by atoms with van der Waals surface area (Å²) in [6.45, 7) is 3.74. The first-order valence-electron chi connectivity index (χ1n) is 3.53. The van der Waals surface area contributed by atoms with Crippen LogP contribution in [0.5, 0.6) is 0 Å². The number of aromatic amines is 1. The maximum absolute atomic E-state index is 9.33. The third-order valence-electron chi connectivity index (χ3n) is 1.57. The van der Waals surface area contributed by atoms with Gasteiger partial charge in [-0.3, -0.25) is 5.32 Å². The SMILES string of the molecule is CNC(O)c1nc(C)[nH]c1C. The zero-order valence-electron chi connectivity index (χ0n) is 6.97. The lowest BCUT2D eigenvalue weighted by Gasteiger charge is -2.05. The van der Waals surface area contributed by atoms with Gasteiger partial charge in [-0.15, -0.1) is 0 Å². The van der Waals surface area contributed by atoms with E-state index in [1.807, 2.05) is 13.8 Å². The molecule has 0 radical (unpaired) electrons. The Bertz CT molecular complexity index is 244. The van der Waals surface area contributed by atoms with Crippen molar-refractivity contribution in [1.29, 1.82) is 0 Å². The van der Waals surface area contributed by atoms with Crippen molar-refractivity contribution in [2.45, 2.75) is 20.1 Å². The molecule has 0 spiro atoms. The van der Waals surface area contributed by atoms with Crippen molar-refractivity contribution in [1.82, 2.24) is 15.3 Å². The van der Waals surface area contributed by atoms with Crippen molar-refractivity contribution in [3.63, 3.8) is 0 Å². The van der Waals surface area contributed by atoms with E-state index in [4.69, 9.17) is 0 Å². The second-order valence-electron chi connectivity index (χ2n) is 2.52. The molecule has 0 fully saturated rings. The minimum Gasteiger partial charge on any atom is -0.373 e. The summed E-state index contributed by atoms with van der Waals surface area (Å²) in [6, 6.07) is 0. The number of hydrogen-bond donors (Lipinski definition) is 3. The summed E-state index contributed by atoms with van der Waals surface area (Å²) in [5, 5.41) is 12.0. The lowest BCUT2D eigenvalue weighted by molar-refractivity contribution is 0.144. The van der Waals surface area contributed by atoms with Gasteiger partial charge in [0.1, 0.15) is 17.7 Å². The van der Waals surface area contributed by atoms with E-state index < -0.39 is 6.23 Å². The fourth-order valence-corrected chi connectivity index (χ4v) is 1.03. The van der Waals surface area contributed by atoms with Crippen molar-refractivity contribution < 1.29 is 5.11 Å². The molecule has 1 atom stereocenters. The van der Waals surface area contributed by atoms with Crippen LogP contribution >= 0.6 is 0 Å². The zero-order chi connectivity index (χ0) is 8.43. The number of rotatable bonds is 2. The molecular weight excluding hydrogens is 142 g/mol. The number of aliphatic hydroxyl groups is 1. The summed E-state index contributed by atoms with van der Waals surface area (Å²) in [5.41, 5.74) is 1.58. The monoisotopic (exact) mass is 155 g/mol. The predicted octanol–water partition coefficient (Wildman–Crippen LogP) is 0.237. The Balaban J connectivity index is 2.93. The summed E-state index contributed by atoms with van der Waals surface area (Å²) in [5.74, 6) is 0.826. The van der Waals surface area contributed by atoms with E-state index >= 15 is 0 Å². The molecule has 0 saturated carbocycles. The lowest BCUT2D eigenvalue weighted by Crippen LogP contribution is -2.16. The molecule has 0 amide bonds. The van der Waals surface area contributed by atoms with Crippen LogP contribution in [0.3, 0.4) is 0 Å². The molecule has 1 rings (SSSR count). The number of nitrogens with one attached hydrogen (secondary N) is 2. The molecule has 1 heterocycles. The zero-order valence-corrected chi connectivity index (χ0v) is 6.97. The van der Waals surface area contributed by atoms with Gasteiger partial charge in [0.15, 0.2) is 0 Å². The van der Waals surface area contributed by atoms with Crippen LogP contribution in [0, 0.1) is 13.8 Å². The average molecular weight is 155 g/mol. The van der Waals surface area contributed by atoms with Gasteiger partial charge in [0.2, 0.25) is 0 Å². The summed E-state index contributed by atoms with van der Waals surface area (Å²) in [6.07, 6.45) is -0.667. The van der Waals surface area contributed by atoms with Gasteiger partial charge in [0.05, 0.1) is 0 Å². The lowest BCUT2D eigenvalue weighted by atomic mass is 10.3. The number of aryl methyl sites for hydroxylation is 2. The molecule has 3 N–H and O–H groups in total. The molecular formula is C7H13N3O. The van der Waals surface area contributed by atoms with Crippen LogP contribution in [0.25, 0.3) is 0 Å². The average Bonchev–Trinajstić information content (AvgIpc) is 2.28. The Kier molecular flexibility index (Phi) is 2.26. The van der Waals surface area contributed by atoms with Gasteiger partial charge in [-0.1, -0.05) is 0 Å². The molecule has 1 aromatic heterocycles. The molecule has 0 aliphatic heterocycles. The van der Waals surface area contributed by atoms with Crippen LogP contribution < -0.4 is 5.32 Å². The highest BCUT2D eigenvalue weighted by Crippen LogP contribution is 2.10. The molecule has 0 aliphatic rings. The number of nitrogens with zero attached hydrogens (tertiary/aromatic N) is 1. The molecule has 0 bridgehead atoms. The van der Waals surface area contributed by atoms with E-state index in [2.05, 4.69) is 15.3 Å². The van der Waals surface area contributed by atoms with E-state index in [1.165, 1.54) is 0 Å². The smallest absolute Gasteiger partial charge is 0.149 e. The highest BCUT2D eigenvalue weighted by Gasteiger charge is 2.11. The van der Waals surface area contributed by atoms with Crippen molar-refractivity contribution >= 4 is 0 Å². The van der Waals surface area contributed by atoms with E-state index in [9.17, 15) is 5.11 Å². The molecule has 0 saturated heterocycles. The Morgan fingerprint density at radius 3 is 2.55 bits per heavy atom. The molecule has 4 nitrogen and oxygen atoms in total. The molecule has 62 valence electrons. The Hall–Kier alpha value is -0.870. The van der Waals surface area contributed by atoms with E-state index in [0.29, 0.717) is 5.69 Å². The van der Waals surface area contributed by atoms with Gasteiger partial charge >= 0.3 is 0 Å². The minimum absolute atomic E-state index is 0.667. The number of aliphatic hydroxyl groups excluding tert-OH is 1. The van der Waals surface area contributed by atoms with Gasteiger partial charge in [-0.2, -0.15) is 0 Å². The second kappa shape index (κ2) is 3.02. The fourth-order valence-electron chi connectivity index (χ4n) is 1.03. The first-order chi connectivity index (χ1) is 5.15. The standard InChI is InChI=1S/C7H13N3O/c1-4-6(7(11)8-3)10-5(2)9-4/h7-8,11H,1-3H3,(H,9,10). The third kappa shape index (κ3) is 1.58. The molecule has 1 unspecified atom stereocenters. The van der Waals surface area contributed by atoms with Gasteiger partial charge in [-0.25, -0.2) is 4.98 Å². The van der Waals surface area contributed by atoms with Gasteiger partial charge in [0.25, 0.3) is 0 Å². The highest BCUT2D eigenvalue weighted by atomic mass is 16.3. The van der Waals surface area contributed by atoms with Crippen molar-refractivity contribution in [3.8, 4) is 0 Å². The minimum atomic E-state index is -0.667. The fraction of sp³-hybridized carbons (Fsp3) is 0.571. The Morgan fingerprint density at radius 2 is 2.18 bits per heavy atom. The first-order valence-corrected chi connectivity index (χ1v) is 3.53. The molecule has 4 heteroatoms. The van der Waals surface area contributed by atoms with Crippen molar-refractivity contribution in [2.75, 3.05) is 7.05 Å². The number of hydrogen-bond acceptors (Lipinski definition) is 3. The molecule has 0 aliphatic carbocycles. The van der Waals surface area contributed by atoms with Gasteiger partial charge in [0, 0.05) is 5.69 Å². The van der Waals surface area contributed by atoms with E-state index in [0.717, 1.165) is 11.5 Å². The van der Waals surface area contributed by atoms with Crippen LogP contribution in [0.4, 0.5) is 0 Å². The first kappa shape index (κ1) is 8.23. The summed E-state index contributed by atoms with van der Waals surface area (Å²) in [4.78, 5) is 7.12. The van der Waals surface area contributed by atoms with Crippen LogP contribution in [-0.4, -0.2) is 22.1 Å². The second-order valence-corrected chi connectivity index (χ2v) is 2.52. The van der Waals surface area contributed by atoms with Crippen molar-refractivity contribution in [3.05, 3.63) is 17.2 Å². The van der Waals surface area contributed by atoms with E-state index in [1.54, 1.807) is 7.05 Å². The van der Waals surface area contributed by atoms with Gasteiger partial charge in [-0.05, 0) is 20.9 Å². The quantitative estimate of drug-likeness (QED) is 0.536. The number of aromatic nitrogens is 2. The molecule has 11 heavy (non-hydrogen) atoms. The van der Waals surface area contributed by atoms with E-state index in [-0.39, 0.29) is 0 Å². The normalized spacial score (nSPS) is 13.5. The molecule has 0 aromatic carbocycles. The summed E-state index contributed by atoms with van der Waals surface area (Å²) >= 11 is 0. The molecule has 1 aromatic rings. The topological polar surface area (TPSA) is 60.9 Å². The van der Waals surface area contributed by atoms with Crippen LogP contribution in [0.1, 0.15) is 23.4 Å². The van der Waals surface area contributed by atoms with Gasteiger partial charge < -0.3 is 10.1 Å². The van der Waals surface area contributed by atoms with Crippen LogP contribution in [-0.2, 0) is 0 Å². The summed E-state index contributed by atoms with van der Waals surface area (Å²) < 4.78 is 0. The van der Waals surface area contributed by atoms with Crippen LogP contribution in [0.2, 0.25) is 0 Å². The third-order valence-corrected chi connectivity index (χ3v) is 1.57. The largest absolute Gasteiger partial charge is 0.373 e.